The van der Waals surface area contributed by atoms with Gasteiger partial charge in [0, 0.05) is 28.1 Å². The molecule has 0 spiro atoms. The van der Waals surface area contributed by atoms with Gasteiger partial charge in [-0.2, -0.15) is 0 Å². The van der Waals surface area contributed by atoms with Crippen molar-refractivity contribution in [2.24, 2.45) is 0 Å². The maximum Gasteiger partial charge on any atom is 0.169 e. The third kappa shape index (κ3) is 6.64. The Bertz CT molecular complexity index is 1930. The molecule has 0 amide bonds. The number of likely N-dealkylation sites (tertiary alicyclic amines) is 1. The fourth-order valence-corrected chi connectivity index (χ4v) is 8.00. The average molecular weight is 652 g/mol. The molecule has 7 nitrogen and oxygen atoms in total. The van der Waals surface area contributed by atoms with Crippen molar-refractivity contribution in [2.45, 2.75) is 43.9 Å². The number of rotatable bonds is 11. The third-order valence-electron chi connectivity index (χ3n) is 8.70. The van der Waals surface area contributed by atoms with Crippen molar-refractivity contribution >= 4 is 45.0 Å². The molecule has 1 saturated heterocycles. The minimum atomic E-state index is 0. The molecule has 0 saturated carbocycles. The first-order chi connectivity index (χ1) is 22.1. The molecule has 0 bridgehead atoms. The number of aromatic nitrogens is 3. The van der Waals surface area contributed by atoms with Gasteiger partial charge in [0.2, 0.25) is 0 Å². The lowest BCUT2D eigenvalue weighted by Crippen LogP contribution is -2.17. The molecule has 7 rings (SSSR count). The molecule has 0 unspecified atom stereocenters. The molecule has 1 aliphatic rings. The summed E-state index contributed by atoms with van der Waals surface area (Å²) in [5, 5.41) is 2.17. The van der Waals surface area contributed by atoms with Gasteiger partial charge in [-0.1, -0.05) is 54.2 Å². The van der Waals surface area contributed by atoms with Gasteiger partial charge in [-0.05, 0) is 91.7 Å². The molecule has 4 heterocycles. The van der Waals surface area contributed by atoms with E-state index in [1.807, 2.05) is 35.6 Å². The molecular weight excluding hydrogens is 611 g/mol. The highest BCUT2D eigenvalue weighted by Crippen LogP contribution is 2.35. The number of thioether (sulfide) groups is 1. The molecule has 238 valence electrons. The second-order valence-electron chi connectivity index (χ2n) is 11.7. The Morgan fingerprint density at radius 3 is 2.00 bits per heavy atom. The summed E-state index contributed by atoms with van der Waals surface area (Å²) >= 11 is 3.64. The van der Waals surface area contributed by atoms with Crippen molar-refractivity contribution < 1.29 is 9.47 Å². The van der Waals surface area contributed by atoms with Gasteiger partial charge in [0.05, 0.1) is 37.5 Å². The molecule has 6 aromatic rings. The first-order valence-corrected chi connectivity index (χ1v) is 17.6. The summed E-state index contributed by atoms with van der Waals surface area (Å²) in [5.74, 6) is 1.72. The lowest BCUT2D eigenvalue weighted by atomic mass is 9.99. The summed E-state index contributed by atoms with van der Waals surface area (Å²) < 4.78 is 13.2. The van der Waals surface area contributed by atoms with E-state index in [-0.39, 0.29) is 6.15 Å². The lowest BCUT2D eigenvalue weighted by molar-refractivity contribution is 0.334. The minimum absolute atomic E-state index is 0. The second-order valence-corrected chi connectivity index (χ2v) is 13.7. The third-order valence-corrected chi connectivity index (χ3v) is 10.4. The molecule has 1 fully saturated rings. The summed E-state index contributed by atoms with van der Waals surface area (Å²) in [4.78, 5) is 16.0. The lowest BCUT2D eigenvalue weighted by Gasteiger charge is -2.13. The SMILES string of the molecule is COc1ccc(Cc2cccc3c2nc(Cc2ccc(OC)cc2)c2nc(SC)n(Cc4ccc(CN5CCCC5)s4)c23)cc1.N. The van der Waals surface area contributed by atoms with Crippen molar-refractivity contribution in [3.8, 4) is 11.5 Å². The van der Waals surface area contributed by atoms with Crippen LogP contribution in [0.2, 0.25) is 0 Å². The van der Waals surface area contributed by atoms with Crippen molar-refractivity contribution in [1.29, 1.82) is 0 Å². The van der Waals surface area contributed by atoms with E-state index in [2.05, 4.69) is 70.3 Å². The van der Waals surface area contributed by atoms with E-state index >= 15 is 0 Å². The minimum Gasteiger partial charge on any atom is -0.497 e. The topological polar surface area (TPSA) is 87.4 Å². The monoisotopic (exact) mass is 651 g/mol. The van der Waals surface area contributed by atoms with Crippen LogP contribution in [0.1, 0.15) is 45.0 Å². The van der Waals surface area contributed by atoms with Crippen LogP contribution in [-0.4, -0.2) is 53.0 Å². The molecule has 0 aliphatic carbocycles. The first kappa shape index (κ1) is 32.1. The standard InChI is InChI=1S/C37H38N4O2S2.H3N/c1-42-28-13-9-25(10-14-28)21-27-7-6-8-32-34(27)38-33(22-26-11-15-29(43-2)16-12-26)35-36(32)41(37(39-35)44-3)24-31-18-17-30(45-31)23-40-19-4-5-20-40;/h6-18H,4-5,19-24H2,1-3H3;1H3. The maximum atomic E-state index is 5.42. The number of nitrogens with zero attached hydrogens (tertiary/aromatic N) is 4. The number of imidazole rings is 1. The maximum absolute atomic E-state index is 5.42. The Hall–Kier alpha value is -3.89. The highest BCUT2D eigenvalue weighted by atomic mass is 32.2. The van der Waals surface area contributed by atoms with Crippen LogP contribution in [0.15, 0.2) is 84.0 Å². The molecule has 46 heavy (non-hydrogen) atoms. The fraction of sp³-hybridized carbons (Fsp3) is 0.297. The first-order valence-electron chi connectivity index (χ1n) is 15.5. The highest BCUT2D eigenvalue weighted by molar-refractivity contribution is 7.98. The second kappa shape index (κ2) is 14.3. The molecule has 3 N–H and O–H groups in total. The summed E-state index contributed by atoms with van der Waals surface area (Å²) in [5.41, 5.74) is 7.81. The quantitative estimate of drug-likeness (QED) is 0.141. The van der Waals surface area contributed by atoms with Crippen LogP contribution in [0.3, 0.4) is 0 Å². The number of hydrogen-bond donors (Lipinski definition) is 1. The number of ether oxygens (including phenoxy) is 2. The van der Waals surface area contributed by atoms with Crippen molar-refractivity contribution in [3.63, 3.8) is 0 Å². The summed E-state index contributed by atoms with van der Waals surface area (Å²) in [6.07, 6.45) is 6.24. The summed E-state index contributed by atoms with van der Waals surface area (Å²) in [7, 11) is 3.41. The van der Waals surface area contributed by atoms with Gasteiger partial charge in [-0.15, -0.1) is 11.3 Å². The van der Waals surface area contributed by atoms with Crippen molar-refractivity contribution in [1.82, 2.24) is 25.6 Å². The van der Waals surface area contributed by atoms with Crippen LogP contribution >= 0.6 is 23.1 Å². The number of hydrogen-bond acceptors (Lipinski definition) is 8. The summed E-state index contributed by atoms with van der Waals surface area (Å²) in [6.45, 7) is 4.27. The Balaban J connectivity index is 0.00000372. The van der Waals surface area contributed by atoms with Gasteiger partial charge in [0.1, 0.15) is 17.0 Å². The highest BCUT2D eigenvalue weighted by Gasteiger charge is 2.21. The van der Waals surface area contributed by atoms with Crippen LogP contribution < -0.4 is 15.6 Å². The number of pyridine rings is 1. The Labute approximate surface area is 279 Å². The van der Waals surface area contributed by atoms with E-state index in [4.69, 9.17) is 19.4 Å². The van der Waals surface area contributed by atoms with E-state index in [1.165, 1.54) is 57.9 Å². The van der Waals surface area contributed by atoms with Gasteiger partial charge < -0.3 is 20.2 Å². The van der Waals surface area contributed by atoms with Gasteiger partial charge in [-0.3, -0.25) is 4.90 Å². The van der Waals surface area contributed by atoms with Crippen LogP contribution in [0, 0.1) is 0 Å². The van der Waals surface area contributed by atoms with Crippen molar-refractivity contribution in [3.05, 3.63) is 111 Å². The summed E-state index contributed by atoms with van der Waals surface area (Å²) in [6, 6.07) is 27.8. The molecule has 1 aliphatic heterocycles. The van der Waals surface area contributed by atoms with E-state index in [0.29, 0.717) is 6.42 Å². The average Bonchev–Trinajstić information content (AvgIpc) is 3.84. The Morgan fingerprint density at radius 1 is 0.739 bits per heavy atom. The zero-order valence-electron chi connectivity index (χ0n) is 26.8. The van der Waals surface area contributed by atoms with Crippen LogP contribution in [0.25, 0.3) is 21.9 Å². The molecule has 0 radical (unpaired) electrons. The molecular formula is C37H41N5O2S2. The largest absolute Gasteiger partial charge is 0.497 e. The smallest absolute Gasteiger partial charge is 0.169 e. The van der Waals surface area contributed by atoms with E-state index in [1.54, 1.807) is 26.0 Å². The van der Waals surface area contributed by atoms with E-state index in [0.717, 1.165) is 58.3 Å². The zero-order valence-corrected chi connectivity index (χ0v) is 28.4. The molecule has 0 atom stereocenters. The van der Waals surface area contributed by atoms with E-state index < -0.39 is 0 Å². The van der Waals surface area contributed by atoms with Gasteiger partial charge in [0.25, 0.3) is 0 Å². The predicted molar refractivity (Wildman–Crippen MR) is 191 cm³/mol. The molecule has 3 aromatic heterocycles. The molecule has 3 aromatic carbocycles. The number of benzene rings is 3. The fourth-order valence-electron chi connectivity index (χ4n) is 6.39. The Kier molecular flexibility index (Phi) is 9.94. The zero-order chi connectivity index (χ0) is 30.8. The number of fused-ring (bicyclic) bond motifs is 3. The van der Waals surface area contributed by atoms with Gasteiger partial charge >= 0.3 is 0 Å². The number of para-hydroxylation sites is 1. The van der Waals surface area contributed by atoms with Crippen LogP contribution in [0.5, 0.6) is 11.5 Å². The van der Waals surface area contributed by atoms with Crippen LogP contribution in [0.4, 0.5) is 0 Å². The normalized spacial score (nSPS) is 13.4. The van der Waals surface area contributed by atoms with Gasteiger partial charge in [0.15, 0.2) is 5.16 Å². The number of thiophene rings is 1. The van der Waals surface area contributed by atoms with Gasteiger partial charge in [-0.25, -0.2) is 9.97 Å². The molecule has 9 heteroatoms. The van der Waals surface area contributed by atoms with Crippen LogP contribution in [-0.2, 0) is 25.9 Å². The van der Waals surface area contributed by atoms with E-state index in [9.17, 15) is 0 Å². The van der Waals surface area contributed by atoms with Crippen molar-refractivity contribution in [2.75, 3.05) is 33.6 Å². The Morgan fingerprint density at radius 2 is 1.37 bits per heavy atom. The predicted octanol–water partition coefficient (Wildman–Crippen LogP) is 8.37. The number of methoxy groups -OCH3 is 2.